The number of ether oxygens (including phenoxy) is 1. The number of methoxy groups -OCH3 is 1. The number of rotatable bonds is 5. The first-order chi connectivity index (χ1) is 10.8. The molecule has 0 aliphatic carbocycles. The fourth-order valence-electron chi connectivity index (χ4n) is 3.39. The number of para-hydroxylation sites is 2. The highest BCUT2D eigenvalue weighted by Gasteiger charge is 2.27. The van der Waals surface area contributed by atoms with Crippen LogP contribution in [-0.4, -0.2) is 45.2 Å². The van der Waals surface area contributed by atoms with Gasteiger partial charge < -0.3 is 20.3 Å². The quantitative estimate of drug-likeness (QED) is 0.863. The van der Waals surface area contributed by atoms with Gasteiger partial charge in [0.05, 0.1) is 18.8 Å². The van der Waals surface area contributed by atoms with Crippen LogP contribution in [0.3, 0.4) is 0 Å². The van der Waals surface area contributed by atoms with Crippen molar-refractivity contribution in [2.75, 3.05) is 38.2 Å². The fourth-order valence-corrected chi connectivity index (χ4v) is 3.39. The maximum absolute atomic E-state index is 12.0. The standard InChI is InChI=1S/C17H25N3O2/c1-22-16-7-3-2-6-15(16)20-10-8-13(12-20)11-19-17(21)14-5-4-9-18-14/h2-3,6-7,13-14,18H,4-5,8-12H2,1H3,(H,19,21). The number of hydrogen-bond acceptors (Lipinski definition) is 4. The largest absolute Gasteiger partial charge is 0.495 e. The lowest BCUT2D eigenvalue weighted by Gasteiger charge is -2.21. The Morgan fingerprint density at radius 2 is 2.27 bits per heavy atom. The third-order valence-electron chi connectivity index (χ3n) is 4.65. The lowest BCUT2D eigenvalue weighted by molar-refractivity contribution is -0.122. The van der Waals surface area contributed by atoms with Crippen molar-refractivity contribution in [1.29, 1.82) is 0 Å². The first kappa shape index (κ1) is 15.2. The third-order valence-corrected chi connectivity index (χ3v) is 4.65. The van der Waals surface area contributed by atoms with Gasteiger partial charge in [-0.2, -0.15) is 0 Å². The molecule has 0 saturated carbocycles. The average molecular weight is 303 g/mol. The maximum Gasteiger partial charge on any atom is 0.237 e. The summed E-state index contributed by atoms with van der Waals surface area (Å²) in [5.74, 6) is 1.59. The van der Waals surface area contributed by atoms with Gasteiger partial charge in [-0.05, 0) is 43.9 Å². The van der Waals surface area contributed by atoms with Crippen molar-refractivity contribution in [3.05, 3.63) is 24.3 Å². The van der Waals surface area contributed by atoms with E-state index in [4.69, 9.17) is 4.74 Å². The van der Waals surface area contributed by atoms with Gasteiger partial charge in [0.1, 0.15) is 5.75 Å². The molecule has 1 aromatic rings. The Morgan fingerprint density at radius 1 is 1.41 bits per heavy atom. The molecule has 2 saturated heterocycles. The summed E-state index contributed by atoms with van der Waals surface area (Å²) < 4.78 is 5.44. The second-order valence-electron chi connectivity index (χ2n) is 6.17. The molecule has 120 valence electrons. The van der Waals surface area contributed by atoms with E-state index in [9.17, 15) is 4.79 Å². The summed E-state index contributed by atoms with van der Waals surface area (Å²) >= 11 is 0. The lowest BCUT2D eigenvalue weighted by atomic mass is 10.1. The highest BCUT2D eigenvalue weighted by atomic mass is 16.5. The van der Waals surface area contributed by atoms with Gasteiger partial charge in [0.15, 0.2) is 0 Å². The molecule has 3 rings (SSSR count). The molecule has 2 heterocycles. The van der Waals surface area contributed by atoms with Crippen molar-refractivity contribution in [1.82, 2.24) is 10.6 Å². The minimum absolute atomic E-state index is 0.0201. The molecule has 0 bridgehead atoms. The number of anilines is 1. The first-order valence-electron chi connectivity index (χ1n) is 8.17. The van der Waals surface area contributed by atoms with Crippen LogP contribution in [0.4, 0.5) is 5.69 Å². The zero-order valence-electron chi connectivity index (χ0n) is 13.2. The normalized spacial score (nSPS) is 24.5. The smallest absolute Gasteiger partial charge is 0.237 e. The van der Waals surface area contributed by atoms with Gasteiger partial charge in [0.25, 0.3) is 0 Å². The molecule has 5 nitrogen and oxygen atoms in total. The number of benzene rings is 1. The molecule has 5 heteroatoms. The van der Waals surface area contributed by atoms with Gasteiger partial charge in [0.2, 0.25) is 5.91 Å². The van der Waals surface area contributed by atoms with Crippen molar-refractivity contribution >= 4 is 11.6 Å². The first-order valence-corrected chi connectivity index (χ1v) is 8.17. The number of hydrogen-bond donors (Lipinski definition) is 2. The van der Waals surface area contributed by atoms with E-state index in [2.05, 4.69) is 21.6 Å². The number of amides is 1. The van der Waals surface area contributed by atoms with E-state index in [1.807, 2.05) is 18.2 Å². The molecule has 2 fully saturated rings. The Morgan fingerprint density at radius 3 is 3.05 bits per heavy atom. The van der Waals surface area contributed by atoms with Crippen LogP contribution in [0.15, 0.2) is 24.3 Å². The molecule has 2 unspecified atom stereocenters. The minimum atomic E-state index is 0.0201. The van der Waals surface area contributed by atoms with E-state index in [1.165, 1.54) is 0 Å². The summed E-state index contributed by atoms with van der Waals surface area (Å²) in [6.45, 7) is 3.72. The van der Waals surface area contributed by atoms with E-state index in [-0.39, 0.29) is 11.9 Å². The Labute approximate surface area is 132 Å². The van der Waals surface area contributed by atoms with Gasteiger partial charge in [-0.3, -0.25) is 4.79 Å². The van der Waals surface area contributed by atoms with Gasteiger partial charge in [-0.25, -0.2) is 0 Å². The molecule has 2 aliphatic heterocycles. The molecule has 2 aliphatic rings. The molecular formula is C17H25N3O2. The topological polar surface area (TPSA) is 53.6 Å². The van der Waals surface area contributed by atoms with E-state index < -0.39 is 0 Å². The maximum atomic E-state index is 12.0. The van der Waals surface area contributed by atoms with Crippen molar-refractivity contribution in [3.8, 4) is 5.75 Å². The van der Waals surface area contributed by atoms with Crippen LogP contribution in [0.2, 0.25) is 0 Å². The second kappa shape index (κ2) is 7.01. The number of nitrogens with one attached hydrogen (secondary N) is 2. The number of carbonyl (C=O) groups excluding carboxylic acids is 1. The molecule has 2 N–H and O–H groups in total. The van der Waals surface area contributed by atoms with Crippen molar-refractivity contribution in [3.63, 3.8) is 0 Å². The van der Waals surface area contributed by atoms with Crippen molar-refractivity contribution in [2.24, 2.45) is 5.92 Å². The highest BCUT2D eigenvalue weighted by molar-refractivity contribution is 5.82. The molecule has 0 spiro atoms. The summed E-state index contributed by atoms with van der Waals surface area (Å²) in [5, 5.41) is 6.35. The molecule has 22 heavy (non-hydrogen) atoms. The average Bonchev–Trinajstić information content (AvgIpc) is 3.24. The zero-order chi connectivity index (χ0) is 15.4. The van der Waals surface area contributed by atoms with E-state index in [1.54, 1.807) is 7.11 Å². The fraction of sp³-hybridized carbons (Fsp3) is 0.588. The monoisotopic (exact) mass is 303 g/mol. The van der Waals surface area contributed by atoms with E-state index in [0.29, 0.717) is 5.92 Å². The van der Waals surface area contributed by atoms with Crippen LogP contribution in [0, 0.1) is 5.92 Å². The summed E-state index contributed by atoms with van der Waals surface area (Å²) in [7, 11) is 1.71. The van der Waals surface area contributed by atoms with E-state index >= 15 is 0 Å². The van der Waals surface area contributed by atoms with Crippen LogP contribution < -0.4 is 20.3 Å². The van der Waals surface area contributed by atoms with Crippen LogP contribution in [0.25, 0.3) is 0 Å². The molecular weight excluding hydrogens is 278 g/mol. The number of nitrogens with zero attached hydrogens (tertiary/aromatic N) is 1. The van der Waals surface area contributed by atoms with Gasteiger partial charge in [-0.1, -0.05) is 12.1 Å². The Bertz CT molecular complexity index is 514. The molecule has 2 atom stereocenters. The Balaban J connectivity index is 1.50. The predicted octanol–water partition coefficient (Wildman–Crippen LogP) is 1.39. The van der Waals surface area contributed by atoms with Gasteiger partial charge in [0, 0.05) is 19.6 Å². The molecule has 1 amide bonds. The zero-order valence-corrected chi connectivity index (χ0v) is 13.2. The van der Waals surface area contributed by atoms with Crippen LogP contribution in [0.5, 0.6) is 5.75 Å². The summed E-state index contributed by atoms with van der Waals surface area (Å²) in [5.41, 5.74) is 1.15. The van der Waals surface area contributed by atoms with Crippen LogP contribution >= 0.6 is 0 Å². The predicted molar refractivity (Wildman–Crippen MR) is 87.3 cm³/mol. The lowest BCUT2D eigenvalue weighted by Crippen LogP contribution is -2.42. The summed E-state index contributed by atoms with van der Waals surface area (Å²) in [6.07, 6.45) is 3.17. The third kappa shape index (κ3) is 3.35. The second-order valence-corrected chi connectivity index (χ2v) is 6.17. The Hall–Kier alpha value is -1.75. The van der Waals surface area contributed by atoms with Gasteiger partial charge in [-0.15, -0.1) is 0 Å². The SMILES string of the molecule is COc1ccccc1N1CCC(CNC(=O)C2CCCN2)C1. The summed E-state index contributed by atoms with van der Waals surface area (Å²) in [6, 6.07) is 8.15. The van der Waals surface area contributed by atoms with E-state index in [0.717, 1.165) is 56.9 Å². The molecule has 0 aromatic heterocycles. The highest BCUT2D eigenvalue weighted by Crippen LogP contribution is 2.31. The molecule has 0 radical (unpaired) electrons. The van der Waals surface area contributed by atoms with Crippen LogP contribution in [-0.2, 0) is 4.79 Å². The summed E-state index contributed by atoms with van der Waals surface area (Å²) in [4.78, 5) is 14.4. The minimum Gasteiger partial charge on any atom is -0.495 e. The van der Waals surface area contributed by atoms with Gasteiger partial charge >= 0.3 is 0 Å². The van der Waals surface area contributed by atoms with Crippen molar-refractivity contribution in [2.45, 2.75) is 25.3 Å². The number of carbonyl (C=O) groups is 1. The Kier molecular flexibility index (Phi) is 4.83. The van der Waals surface area contributed by atoms with Crippen molar-refractivity contribution < 1.29 is 9.53 Å². The molecule has 1 aromatic carbocycles. The van der Waals surface area contributed by atoms with Crippen LogP contribution in [0.1, 0.15) is 19.3 Å².